The number of fused-ring (bicyclic) bond motifs is 3. The third kappa shape index (κ3) is 6.29. The van der Waals surface area contributed by atoms with Gasteiger partial charge in [0, 0.05) is 34.3 Å². The number of likely N-dealkylation sites (tertiary alicyclic amines) is 1. The molecule has 3 N–H and O–H groups in total. The number of nitrogens with one attached hydrogen (secondary N) is 2. The molecule has 50 heavy (non-hydrogen) atoms. The van der Waals surface area contributed by atoms with Crippen LogP contribution in [0.15, 0.2) is 60.7 Å². The summed E-state index contributed by atoms with van der Waals surface area (Å²) >= 11 is 12.9. The average Bonchev–Trinajstić information content (AvgIpc) is 3.52. The number of benzene rings is 3. The van der Waals surface area contributed by atoms with Crippen LogP contribution in [0.5, 0.6) is 0 Å². The molecule has 10 heteroatoms. The molecule has 3 atom stereocenters. The number of carbonyl (C=O) groups is 3. The minimum atomic E-state index is -1.34. The van der Waals surface area contributed by atoms with E-state index in [1.54, 1.807) is 36.4 Å². The Kier molecular flexibility index (Phi) is 10.9. The zero-order valence-electron chi connectivity index (χ0n) is 28.0. The van der Waals surface area contributed by atoms with E-state index in [0.717, 1.165) is 64.2 Å². The zero-order chi connectivity index (χ0) is 35.5. The van der Waals surface area contributed by atoms with Crippen LogP contribution in [-0.2, 0) is 15.0 Å². The first-order valence-corrected chi connectivity index (χ1v) is 18.3. The van der Waals surface area contributed by atoms with Gasteiger partial charge in [0.2, 0.25) is 11.8 Å². The summed E-state index contributed by atoms with van der Waals surface area (Å²) in [4.78, 5) is 43.6. The maximum atomic E-state index is 16.5. The minimum Gasteiger partial charge on any atom is -0.478 e. The van der Waals surface area contributed by atoms with E-state index in [1.165, 1.54) is 18.2 Å². The number of amides is 2. The molecule has 1 saturated carbocycles. The molecule has 2 amide bonds. The first kappa shape index (κ1) is 35.9. The fourth-order valence-corrected chi connectivity index (χ4v) is 9.39. The van der Waals surface area contributed by atoms with Gasteiger partial charge in [-0.05, 0) is 85.8 Å². The first-order valence-electron chi connectivity index (χ1n) is 17.6. The van der Waals surface area contributed by atoms with Crippen LogP contribution < -0.4 is 10.6 Å². The van der Waals surface area contributed by atoms with E-state index < -0.39 is 40.6 Å². The molecule has 0 aromatic heterocycles. The van der Waals surface area contributed by atoms with Crippen LogP contribution in [0.4, 0.5) is 15.8 Å². The second-order valence-corrected chi connectivity index (χ2v) is 14.6. The average molecular weight is 719 g/mol. The number of aromatic carboxylic acids is 1. The molecular weight excluding hydrogens is 676 g/mol. The van der Waals surface area contributed by atoms with Crippen LogP contribution in [-0.4, -0.2) is 45.9 Å². The van der Waals surface area contributed by atoms with Crippen molar-refractivity contribution in [3.05, 3.63) is 93.2 Å². The smallest absolute Gasteiger partial charge is 0.335 e. The number of unbranched alkanes of at least 4 members (excludes halogenated alkanes) is 6. The van der Waals surface area contributed by atoms with Crippen LogP contribution in [0, 0.1) is 18.2 Å². The standard InChI is InChI=1S/C40H42Cl2FN3O4/c1-2-3-4-5-6-7-8-12-24-46-35(36(47)44-28-19-16-26(17-20-28)37(48)49)33(29-14-13-15-31(42)34(29)43)40(39(46)22-10-9-11-23-39)30-21-18-27(41)25-32(30)45-38(40)50/h1,13-21,25,33,35H,3-12,22-24H2,(H,44,47)(H,45,50)(H,48,49)/t33?,35-,40-/m1/s1. The molecule has 2 heterocycles. The number of carboxylic acids is 1. The molecular formula is C40H42Cl2FN3O4. The number of rotatable bonds is 12. The topological polar surface area (TPSA) is 98.7 Å². The highest BCUT2D eigenvalue weighted by Crippen LogP contribution is 2.66. The molecule has 3 aliphatic rings. The number of nitrogens with zero attached hydrogens (tertiary/aromatic N) is 1. The van der Waals surface area contributed by atoms with E-state index in [-0.39, 0.29) is 22.1 Å². The minimum absolute atomic E-state index is 0.0849. The monoisotopic (exact) mass is 717 g/mol. The molecule has 0 radical (unpaired) electrons. The predicted octanol–water partition coefficient (Wildman–Crippen LogP) is 9.19. The van der Waals surface area contributed by atoms with E-state index in [1.807, 2.05) is 6.07 Å². The van der Waals surface area contributed by atoms with Gasteiger partial charge in [0.1, 0.15) is 11.2 Å². The third-order valence-corrected chi connectivity index (χ3v) is 11.6. The number of hydrogen-bond donors (Lipinski definition) is 3. The van der Waals surface area contributed by atoms with Crippen molar-refractivity contribution >= 4 is 52.4 Å². The molecule has 0 bridgehead atoms. The Balaban J connectivity index is 1.51. The summed E-state index contributed by atoms with van der Waals surface area (Å²) < 4.78 is 16.5. The summed E-state index contributed by atoms with van der Waals surface area (Å²) in [5.74, 6) is -0.669. The van der Waals surface area contributed by atoms with Crippen molar-refractivity contribution in [1.29, 1.82) is 0 Å². The maximum Gasteiger partial charge on any atom is 0.335 e. The molecule has 1 unspecified atom stereocenters. The van der Waals surface area contributed by atoms with Crippen molar-refractivity contribution in [1.82, 2.24) is 4.90 Å². The number of hydrogen-bond acceptors (Lipinski definition) is 4. The van der Waals surface area contributed by atoms with Crippen LogP contribution in [0.25, 0.3) is 0 Å². The van der Waals surface area contributed by atoms with E-state index in [0.29, 0.717) is 41.3 Å². The van der Waals surface area contributed by atoms with Crippen LogP contribution in [0.2, 0.25) is 10.0 Å². The molecule has 2 fully saturated rings. The summed E-state index contributed by atoms with van der Waals surface area (Å²) in [5, 5.41) is 15.9. The predicted molar refractivity (Wildman–Crippen MR) is 195 cm³/mol. The molecule has 3 aromatic carbocycles. The lowest BCUT2D eigenvalue weighted by atomic mass is 9.55. The summed E-state index contributed by atoms with van der Waals surface area (Å²) in [6.45, 7) is 0.525. The van der Waals surface area contributed by atoms with E-state index >= 15 is 4.39 Å². The van der Waals surface area contributed by atoms with E-state index in [9.17, 15) is 19.5 Å². The maximum absolute atomic E-state index is 16.5. The van der Waals surface area contributed by atoms with Gasteiger partial charge in [0.15, 0.2) is 0 Å². The second kappa shape index (κ2) is 15.1. The SMILES string of the molecule is C#CCCCCCCCCN1[C@@H](C(=O)Nc2ccc(C(=O)O)cc2)C(c2cccc(Cl)c2F)[C@]2(C(=O)Nc3cc(Cl)ccc32)C12CCCCC2. The second-order valence-electron chi connectivity index (χ2n) is 13.8. The summed E-state index contributed by atoms with van der Waals surface area (Å²) in [6.07, 6.45) is 16.0. The van der Waals surface area contributed by atoms with Gasteiger partial charge in [0.25, 0.3) is 0 Å². The zero-order valence-corrected chi connectivity index (χ0v) is 29.5. The van der Waals surface area contributed by atoms with Crippen LogP contribution >= 0.6 is 23.2 Å². The van der Waals surface area contributed by atoms with Crippen molar-refractivity contribution in [2.75, 3.05) is 17.2 Å². The highest BCUT2D eigenvalue weighted by Gasteiger charge is 2.75. The first-order chi connectivity index (χ1) is 24.2. The van der Waals surface area contributed by atoms with Gasteiger partial charge in [-0.1, -0.05) is 86.3 Å². The Bertz CT molecular complexity index is 1800. The Morgan fingerprint density at radius 3 is 2.38 bits per heavy atom. The van der Waals surface area contributed by atoms with Crippen molar-refractivity contribution in [3.63, 3.8) is 0 Å². The Labute approximate surface area is 302 Å². The molecule has 7 nitrogen and oxygen atoms in total. The number of anilines is 2. The summed E-state index contributed by atoms with van der Waals surface area (Å²) in [6, 6.07) is 15.1. The number of carboxylic acid groups (broad SMARTS) is 1. The van der Waals surface area contributed by atoms with Crippen molar-refractivity contribution in [3.8, 4) is 12.3 Å². The van der Waals surface area contributed by atoms with Crippen molar-refractivity contribution in [2.45, 2.75) is 100.0 Å². The summed E-state index contributed by atoms with van der Waals surface area (Å²) in [7, 11) is 0. The quantitative estimate of drug-likeness (QED) is 0.128. The lowest BCUT2D eigenvalue weighted by Crippen LogP contribution is -2.61. The van der Waals surface area contributed by atoms with Crippen LogP contribution in [0.3, 0.4) is 0 Å². The van der Waals surface area contributed by atoms with Gasteiger partial charge >= 0.3 is 5.97 Å². The van der Waals surface area contributed by atoms with Gasteiger partial charge in [-0.3, -0.25) is 14.5 Å². The lowest BCUT2D eigenvalue weighted by Gasteiger charge is -2.51. The van der Waals surface area contributed by atoms with E-state index in [4.69, 9.17) is 29.6 Å². The van der Waals surface area contributed by atoms with Gasteiger partial charge in [-0.25, -0.2) is 9.18 Å². The van der Waals surface area contributed by atoms with Gasteiger partial charge in [-0.15, -0.1) is 12.3 Å². The van der Waals surface area contributed by atoms with Crippen molar-refractivity contribution in [2.24, 2.45) is 0 Å². The Morgan fingerprint density at radius 2 is 1.68 bits per heavy atom. The normalized spacial score (nSPS) is 22.3. The van der Waals surface area contributed by atoms with Gasteiger partial charge < -0.3 is 15.7 Å². The Morgan fingerprint density at radius 1 is 0.980 bits per heavy atom. The molecule has 1 saturated heterocycles. The number of terminal acetylenes is 1. The molecule has 2 aliphatic heterocycles. The number of carbonyl (C=O) groups excluding carboxylic acids is 2. The van der Waals surface area contributed by atoms with E-state index in [2.05, 4.69) is 21.5 Å². The van der Waals surface area contributed by atoms with Crippen LogP contribution in [0.1, 0.15) is 104 Å². The molecule has 6 rings (SSSR count). The molecule has 1 aliphatic carbocycles. The molecule has 262 valence electrons. The Hall–Kier alpha value is -3.90. The van der Waals surface area contributed by atoms with Gasteiger partial charge in [-0.2, -0.15) is 0 Å². The summed E-state index contributed by atoms with van der Waals surface area (Å²) in [5.41, 5.74) is -0.202. The molecule has 2 spiro atoms. The van der Waals surface area contributed by atoms with Gasteiger partial charge in [0.05, 0.1) is 16.6 Å². The number of halogens is 3. The van der Waals surface area contributed by atoms with Crippen molar-refractivity contribution < 1.29 is 23.9 Å². The lowest BCUT2D eigenvalue weighted by molar-refractivity contribution is -0.127. The largest absolute Gasteiger partial charge is 0.478 e. The highest BCUT2D eigenvalue weighted by molar-refractivity contribution is 6.31. The molecule has 3 aromatic rings. The fourth-order valence-electron chi connectivity index (χ4n) is 9.03. The fraction of sp³-hybridized carbons (Fsp3) is 0.425. The highest BCUT2D eigenvalue weighted by atomic mass is 35.5. The third-order valence-electron chi connectivity index (χ3n) is 11.1.